The molecule has 1 rings (SSSR count). The summed E-state index contributed by atoms with van der Waals surface area (Å²) < 4.78 is 0. The predicted octanol–water partition coefficient (Wildman–Crippen LogP) is 2.49. The largest absolute Gasteiger partial charge is 0.315 e. The van der Waals surface area contributed by atoms with Crippen LogP contribution in [0.4, 0.5) is 0 Å². The average Bonchev–Trinajstić information content (AvgIpc) is 2.15. The number of piperazine rings is 1. The quantitative estimate of drug-likeness (QED) is 0.649. The van der Waals surface area contributed by atoms with Crippen LogP contribution in [0, 0.1) is 6.57 Å². The van der Waals surface area contributed by atoms with Crippen molar-refractivity contribution in [2.24, 2.45) is 0 Å². The van der Waals surface area contributed by atoms with E-state index in [9.17, 15) is 0 Å². The van der Waals surface area contributed by atoms with Crippen molar-refractivity contribution in [3.8, 4) is 0 Å². The lowest BCUT2D eigenvalue weighted by Gasteiger charge is -2.49. The van der Waals surface area contributed by atoms with Crippen LogP contribution in [0.3, 0.4) is 0 Å². The Kier molecular flexibility index (Phi) is 4.22. The summed E-state index contributed by atoms with van der Waals surface area (Å²) in [7, 11) is 0. The fourth-order valence-corrected chi connectivity index (χ4v) is 2.61. The van der Waals surface area contributed by atoms with Crippen LogP contribution in [0.1, 0.15) is 41.5 Å². The predicted molar refractivity (Wildman–Crippen MR) is 73.0 cm³/mol. The van der Waals surface area contributed by atoms with Crippen LogP contribution >= 0.6 is 0 Å². The minimum absolute atomic E-state index is 0.166. The fraction of sp³-hybridized carbons (Fsp3) is 0.929. The molecule has 0 amide bonds. The van der Waals surface area contributed by atoms with Crippen LogP contribution in [0.15, 0.2) is 0 Å². The van der Waals surface area contributed by atoms with Crippen molar-refractivity contribution < 1.29 is 0 Å². The third kappa shape index (κ3) is 3.69. The number of hydrogen-bond donors (Lipinski definition) is 0. The van der Waals surface area contributed by atoms with Crippen molar-refractivity contribution in [1.82, 2.24) is 9.80 Å². The van der Waals surface area contributed by atoms with Crippen molar-refractivity contribution in [2.75, 3.05) is 26.2 Å². The molecule has 0 aromatic rings. The maximum Gasteiger partial charge on any atom is 0.231 e. The smallest absolute Gasteiger partial charge is 0.231 e. The molecule has 98 valence electrons. The minimum Gasteiger partial charge on any atom is -0.315 e. The van der Waals surface area contributed by atoms with E-state index in [-0.39, 0.29) is 11.1 Å². The first kappa shape index (κ1) is 14.5. The van der Waals surface area contributed by atoms with Crippen LogP contribution in [0.25, 0.3) is 4.85 Å². The van der Waals surface area contributed by atoms with Gasteiger partial charge in [-0.05, 0) is 41.5 Å². The highest BCUT2D eigenvalue weighted by molar-refractivity contribution is 4.95. The zero-order chi connectivity index (χ0) is 13.3. The molecule has 0 saturated carbocycles. The van der Waals surface area contributed by atoms with Gasteiger partial charge in [0.1, 0.15) is 0 Å². The average molecular weight is 237 g/mol. The van der Waals surface area contributed by atoms with E-state index in [2.05, 4.69) is 56.2 Å². The first-order valence-electron chi connectivity index (χ1n) is 6.51. The lowest BCUT2D eigenvalue weighted by molar-refractivity contribution is -0.0162. The first-order chi connectivity index (χ1) is 7.66. The van der Waals surface area contributed by atoms with Gasteiger partial charge in [-0.25, -0.2) is 6.57 Å². The SMILES string of the molecule is [C-]#[N+]C[C@@H]1CN(C(C)(C)C)CCN1C(C)(C)C. The zero-order valence-corrected chi connectivity index (χ0v) is 12.2. The summed E-state index contributed by atoms with van der Waals surface area (Å²) in [5.41, 5.74) is 0.379. The van der Waals surface area contributed by atoms with Crippen molar-refractivity contribution >= 4 is 0 Å². The highest BCUT2D eigenvalue weighted by Gasteiger charge is 2.38. The summed E-state index contributed by atoms with van der Waals surface area (Å²) in [6.45, 7) is 24.5. The second-order valence-electron chi connectivity index (χ2n) is 6.98. The molecule has 1 saturated heterocycles. The zero-order valence-electron chi connectivity index (χ0n) is 12.2. The molecule has 3 nitrogen and oxygen atoms in total. The Hall–Kier alpha value is -0.590. The molecule has 0 aromatic heterocycles. The van der Waals surface area contributed by atoms with Crippen molar-refractivity contribution in [2.45, 2.75) is 58.7 Å². The third-order valence-corrected chi connectivity index (χ3v) is 3.60. The van der Waals surface area contributed by atoms with E-state index < -0.39 is 0 Å². The van der Waals surface area contributed by atoms with Gasteiger partial charge in [-0.1, -0.05) is 0 Å². The minimum atomic E-state index is 0.166. The summed E-state index contributed by atoms with van der Waals surface area (Å²) in [6.07, 6.45) is 0. The van der Waals surface area contributed by atoms with Crippen LogP contribution in [0.5, 0.6) is 0 Å². The molecular weight excluding hydrogens is 210 g/mol. The van der Waals surface area contributed by atoms with Gasteiger partial charge in [0.15, 0.2) is 0 Å². The lowest BCUT2D eigenvalue weighted by Crippen LogP contribution is -2.63. The highest BCUT2D eigenvalue weighted by atomic mass is 15.3. The van der Waals surface area contributed by atoms with Gasteiger partial charge >= 0.3 is 0 Å². The van der Waals surface area contributed by atoms with Crippen LogP contribution in [-0.4, -0.2) is 53.1 Å². The second kappa shape index (κ2) is 4.96. The maximum atomic E-state index is 7.14. The summed E-state index contributed by atoms with van der Waals surface area (Å²) >= 11 is 0. The summed E-state index contributed by atoms with van der Waals surface area (Å²) in [5, 5.41) is 0. The van der Waals surface area contributed by atoms with Gasteiger partial charge in [-0.3, -0.25) is 9.80 Å². The monoisotopic (exact) mass is 237 g/mol. The Morgan fingerprint density at radius 3 is 2.06 bits per heavy atom. The first-order valence-corrected chi connectivity index (χ1v) is 6.51. The molecule has 1 fully saturated rings. The molecule has 1 heterocycles. The number of hydrogen-bond acceptors (Lipinski definition) is 2. The molecule has 1 aliphatic heterocycles. The lowest BCUT2D eigenvalue weighted by atomic mass is 9.97. The van der Waals surface area contributed by atoms with Crippen LogP contribution in [0.2, 0.25) is 0 Å². The third-order valence-electron chi connectivity index (χ3n) is 3.60. The van der Waals surface area contributed by atoms with Gasteiger partial charge in [0.2, 0.25) is 6.54 Å². The number of nitrogens with zero attached hydrogens (tertiary/aromatic N) is 3. The Morgan fingerprint density at radius 2 is 1.65 bits per heavy atom. The van der Waals surface area contributed by atoms with Gasteiger partial charge in [0.25, 0.3) is 0 Å². The van der Waals surface area contributed by atoms with E-state index in [1.165, 1.54) is 0 Å². The summed E-state index contributed by atoms with van der Waals surface area (Å²) in [5.74, 6) is 0. The van der Waals surface area contributed by atoms with Crippen molar-refractivity contribution in [3.05, 3.63) is 11.4 Å². The Balaban J connectivity index is 2.79. The van der Waals surface area contributed by atoms with E-state index >= 15 is 0 Å². The standard InChI is InChI=1S/C14H27N3/c1-13(2,3)16-8-9-17(14(4,5)6)12(11-16)10-15-7/h12H,8-11H2,1-6H3/t12-/m1/s1. The Bertz CT molecular complexity index is 290. The highest BCUT2D eigenvalue weighted by Crippen LogP contribution is 2.25. The van der Waals surface area contributed by atoms with E-state index in [0.717, 1.165) is 19.6 Å². The van der Waals surface area contributed by atoms with E-state index in [1.807, 2.05) is 0 Å². The molecule has 0 bridgehead atoms. The fourth-order valence-electron chi connectivity index (χ4n) is 2.61. The molecule has 0 unspecified atom stereocenters. The van der Waals surface area contributed by atoms with Gasteiger partial charge < -0.3 is 4.85 Å². The van der Waals surface area contributed by atoms with E-state index in [4.69, 9.17) is 6.57 Å². The summed E-state index contributed by atoms with van der Waals surface area (Å²) in [6, 6.07) is 0.375. The normalized spacial score (nSPS) is 24.6. The molecule has 0 aliphatic carbocycles. The molecular formula is C14H27N3. The van der Waals surface area contributed by atoms with Crippen molar-refractivity contribution in [3.63, 3.8) is 0 Å². The van der Waals surface area contributed by atoms with Crippen molar-refractivity contribution in [1.29, 1.82) is 0 Å². The number of rotatable bonds is 1. The second-order valence-corrected chi connectivity index (χ2v) is 6.98. The topological polar surface area (TPSA) is 10.8 Å². The molecule has 1 aliphatic rings. The molecule has 0 N–H and O–H groups in total. The summed E-state index contributed by atoms with van der Waals surface area (Å²) in [4.78, 5) is 8.62. The Labute approximate surface area is 107 Å². The van der Waals surface area contributed by atoms with Gasteiger partial charge in [-0.2, -0.15) is 0 Å². The molecule has 0 aromatic carbocycles. The Morgan fingerprint density at radius 1 is 1.06 bits per heavy atom. The molecule has 3 heteroatoms. The van der Waals surface area contributed by atoms with Gasteiger partial charge in [-0.15, -0.1) is 0 Å². The molecule has 0 radical (unpaired) electrons. The maximum absolute atomic E-state index is 7.14. The van der Waals surface area contributed by atoms with Gasteiger partial charge in [0.05, 0.1) is 6.04 Å². The van der Waals surface area contributed by atoms with E-state index in [0.29, 0.717) is 12.6 Å². The molecule has 1 atom stereocenters. The van der Waals surface area contributed by atoms with E-state index in [1.54, 1.807) is 0 Å². The molecule has 17 heavy (non-hydrogen) atoms. The van der Waals surface area contributed by atoms with Crippen LogP contribution in [-0.2, 0) is 0 Å². The van der Waals surface area contributed by atoms with Crippen LogP contribution < -0.4 is 0 Å². The molecule has 0 spiro atoms. The van der Waals surface area contributed by atoms with Gasteiger partial charge in [0, 0.05) is 30.7 Å².